The highest BCUT2D eigenvalue weighted by Gasteiger charge is 2.32. The van der Waals surface area contributed by atoms with Crippen molar-refractivity contribution >= 4 is 70.4 Å². The summed E-state index contributed by atoms with van der Waals surface area (Å²) in [7, 11) is 0. The Labute approximate surface area is 369 Å². The summed E-state index contributed by atoms with van der Waals surface area (Å²) in [4.78, 5) is 78.5. The molecule has 5 N–H and O–H groups in total. The number of nitrogens with zero attached hydrogens (tertiary/aromatic N) is 1. The number of esters is 3. The van der Waals surface area contributed by atoms with E-state index in [9.17, 15) is 28.8 Å². The molecular weight excluding hydrogens is 891 g/mol. The van der Waals surface area contributed by atoms with Gasteiger partial charge in [0.2, 0.25) is 5.96 Å². The molecule has 0 fully saturated rings. The number of carbonyl (C=O) groups is 6. The van der Waals surface area contributed by atoms with Crippen molar-refractivity contribution < 1.29 is 52.5 Å². The molecule has 1 aromatic rings. The lowest BCUT2D eigenvalue weighted by molar-refractivity contribution is -0.159. The molecule has 18 heteroatoms. The molecule has 0 aromatic heterocycles. The number of halogens is 1. The van der Waals surface area contributed by atoms with Crippen LogP contribution in [0.25, 0.3) is 0 Å². The van der Waals surface area contributed by atoms with Gasteiger partial charge in [-0.05, 0) is 170 Å². The molecule has 0 aliphatic rings. The zero-order valence-corrected chi connectivity index (χ0v) is 40.3. The van der Waals surface area contributed by atoms with Crippen LogP contribution in [0.4, 0.5) is 20.1 Å². The number of carbonyl (C=O) groups excluding carboxylic acids is 6. The second-order valence-electron chi connectivity index (χ2n) is 19.2. The van der Waals surface area contributed by atoms with E-state index in [1.54, 1.807) is 110 Å². The molecule has 0 saturated carbocycles. The molecule has 0 bridgehead atoms. The van der Waals surface area contributed by atoms with E-state index in [4.69, 9.17) is 29.1 Å². The Morgan fingerprint density at radius 3 is 1.62 bits per heavy atom. The molecule has 0 spiro atoms. The zero-order valence-electron chi connectivity index (χ0n) is 38.2. The van der Waals surface area contributed by atoms with Crippen molar-refractivity contribution in [3.8, 4) is 0 Å². The van der Waals surface area contributed by atoms with Crippen LogP contribution in [0.15, 0.2) is 18.2 Å². The number of rotatable bonds is 15. The summed E-state index contributed by atoms with van der Waals surface area (Å²) >= 11 is 2.12. The number of ether oxygens (including phenoxy) is 5. The lowest BCUT2D eigenvalue weighted by atomic mass is 10.1. The van der Waals surface area contributed by atoms with Crippen LogP contribution in [-0.2, 0) is 44.6 Å². The van der Waals surface area contributed by atoms with Crippen LogP contribution in [0.3, 0.4) is 0 Å². The molecule has 1 rings (SSSR count). The van der Waals surface area contributed by atoms with Gasteiger partial charge in [0.25, 0.3) is 0 Å². The van der Waals surface area contributed by atoms with Gasteiger partial charge >= 0.3 is 36.1 Å². The molecule has 1 aromatic carbocycles. The highest BCUT2D eigenvalue weighted by Crippen LogP contribution is 2.22. The Balaban J connectivity index is 3.02. The number of amides is 4. The Kier molecular flexibility index (Phi) is 20.1. The maximum Gasteiger partial charge on any atom is 0.417 e. The molecule has 0 saturated heterocycles. The van der Waals surface area contributed by atoms with Crippen molar-refractivity contribution in [1.29, 1.82) is 5.41 Å². The summed E-state index contributed by atoms with van der Waals surface area (Å²) in [6.07, 6.45) is -0.634. The van der Waals surface area contributed by atoms with Crippen LogP contribution >= 0.6 is 22.6 Å². The van der Waals surface area contributed by atoms with E-state index in [0.717, 1.165) is 14.2 Å². The minimum absolute atomic E-state index is 0.0724. The van der Waals surface area contributed by atoms with Crippen molar-refractivity contribution in [2.45, 2.75) is 183 Å². The third-order valence-electron chi connectivity index (χ3n) is 7.18. The van der Waals surface area contributed by atoms with Crippen molar-refractivity contribution in [3.63, 3.8) is 0 Å². The Hall–Kier alpha value is -4.36. The standard InChI is InChI=1S/C42H69IN6O11/c1-38(2,3)56-31(50)22-21-30(33(52)58-40(7,8)9)47-35(53)46-29(32(51)57-39(4,5)6)18-16-17-23-45-27-20-19-26(28(43)24-27)25-49(37(55)60-42(13,14)15)34(44)48-36(54)59-41(10,11)12/h19-20,24,29-30,45H,16-18,21-23,25H2,1-15H3,(H2,44,48,54)(H2,46,47,53)/t29-,30-/m0/s1. The van der Waals surface area contributed by atoms with Gasteiger partial charge < -0.3 is 39.6 Å². The van der Waals surface area contributed by atoms with Gasteiger partial charge in [0.15, 0.2) is 0 Å². The highest BCUT2D eigenvalue weighted by molar-refractivity contribution is 14.1. The van der Waals surface area contributed by atoms with E-state index in [2.05, 4.69) is 43.9 Å². The van der Waals surface area contributed by atoms with Crippen molar-refractivity contribution in [2.24, 2.45) is 0 Å². The molecule has 0 radical (unpaired) electrons. The van der Waals surface area contributed by atoms with Crippen LogP contribution in [0.2, 0.25) is 0 Å². The van der Waals surface area contributed by atoms with Crippen LogP contribution in [-0.4, -0.2) is 93.6 Å². The summed E-state index contributed by atoms with van der Waals surface area (Å²) in [5.74, 6) is -2.43. The number of nitrogens with one attached hydrogen (secondary N) is 5. The van der Waals surface area contributed by atoms with Gasteiger partial charge in [-0.1, -0.05) is 6.07 Å². The second-order valence-corrected chi connectivity index (χ2v) is 20.3. The average Bonchev–Trinajstić information content (AvgIpc) is 3.01. The lowest BCUT2D eigenvalue weighted by Crippen LogP contribution is -2.53. The van der Waals surface area contributed by atoms with Gasteiger partial charge in [0.05, 0.1) is 6.54 Å². The molecule has 17 nitrogen and oxygen atoms in total. The van der Waals surface area contributed by atoms with Crippen LogP contribution in [0, 0.1) is 8.98 Å². The number of anilines is 1. The van der Waals surface area contributed by atoms with Crippen LogP contribution < -0.4 is 21.3 Å². The normalized spacial score (nSPS) is 13.1. The number of urea groups is 1. The van der Waals surface area contributed by atoms with E-state index in [-0.39, 0.29) is 25.8 Å². The average molecular weight is 961 g/mol. The number of unbranched alkanes of at least 4 members (excludes halogenated alkanes) is 1. The molecule has 0 unspecified atom stereocenters. The highest BCUT2D eigenvalue weighted by atomic mass is 127. The summed E-state index contributed by atoms with van der Waals surface area (Å²) in [6.45, 7) is 26.0. The monoisotopic (exact) mass is 960 g/mol. The molecule has 60 heavy (non-hydrogen) atoms. The molecule has 0 aliphatic carbocycles. The lowest BCUT2D eigenvalue weighted by Gasteiger charge is -2.28. The first kappa shape index (κ1) is 53.7. The van der Waals surface area contributed by atoms with Gasteiger partial charge in [0, 0.05) is 22.2 Å². The molecular formula is C42H69IN6O11. The maximum atomic E-state index is 13.3. The van der Waals surface area contributed by atoms with E-state index >= 15 is 0 Å². The largest absolute Gasteiger partial charge is 0.460 e. The predicted molar refractivity (Wildman–Crippen MR) is 236 cm³/mol. The van der Waals surface area contributed by atoms with Crippen molar-refractivity contribution in [1.82, 2.24) is 20.9 Å². The first-order valence-corrected chi connectivity index (χ1v) is 21.1. The van der Waals surface area contributed by atoms with Gasteiger partial charge in [-0.3, -0.25) is 15.5 Å². The Morgan fingerprint density at radius 1 is 0.667 bits per heavy atom. The summed E-state index contributed by atoms with van der Waals surface area (Å²) in [6, 6.07) is 2.42. The Bertz CT molecular complexity index is 1670. The van der Waals surface area contributed by atoms with Crippen molar-refractivity contribution in [3.05, 3.63) is 27.3 Å². The van der Waals surface area contributed by atoms with Gasteiger partial charge in [-0.2, -0.15) is 0 Å². The van der Waals surface area contributed by atoms with Gasteiger partial charge in [0.1, 0.15) is 40.1 Å². The fraction of sp³-hybridized carbons (Fsp3) is 0.690. The maximum absolute atomic E-state index is 13.3. The summed E-state index contributed by atoms with van der Waals surface area (Å²) in [5.41, 5.74) is -2.62. The number of guanidine groups is 1. The number of benzene rings is 1. The van der Waals surface area contributed by atoms with Gasteiger partial charge in [-0.15, -0.1) is 0 Å². The predicted octanol–water partition coefficient (Wildman–Crippen LogP) is 7.91. The molecule has 0 heterocycles. The fourth-order valence-electron chi connectivity index (χ4n) is 4.94. The smallest absolute Gasteiger partial charge is 0.417 e. The van der Waals surface area contributed by atoms with Crippen LogP contribution in [0.1, 0.15) is 142 Å². The quantitative estimate of drug-likeness (QED) is 0.0283. The molecule has 0 aliphatic heterocycles. The van der Waals surface area contributed by atoms with Gasteiger partial charge in [-0.25, -0.2) is 28.9 Å². The zero-order chi connectivity index (χ0) is 46.4. The van der Waals surface area contributed by atoms with Crippen molar-refractivity contribution in [2.75, 3.05) is 11.9 Å². The number of alkyl carbamates (subject to hydrolysis) is 1. The first-order chi connectivity index (χ1) is 27.1. The third kappa shape index (κ3) is 24.0. The minimum atomic E-state index is -1.20. The molecule has 340 valence electrons. The fourth-order valence-corrected chi connectivity index (χ4v) is 5.62. The first-order valence-electron chi connectivity index (χ1n) is 20.0. The molecule has 2 atom stereocenters. The summed E-state index contributed by atoms with van der Waals surface area (Å²) in [5, 5.41) is 19.4. The van der Waals surface area contributed by atoms with E-state index in [1.165, 1.54) is 0 Å². The SMILES string of the molecule is CC(C)(C)OC(=O)CC[C@H](NC(=O)N[C@@H](CCCCNc1ccc(CN(C(=N)NC(=O)OC(C)(C)C)C(=O)OC(C)(C)C)c(I)c1)C(=O)OC(C)(C)C)C(=O)OC(C)(C)C. The second kappa shape index (κ2) is 22.5. The minimum Gasteiger partial charge on any atom is -0.460 e. The third-order valence-corrected chi connectivity index (χ3v) is 8.19. The van der Waals surface area contributed by atoms with E-state index in [0.29, 0.717) is 24.9 Å². The van der Waals surface area contributed by atoms with Crippen LogP contribution in [0.5, 0.6) is 0 Å². The van der Waals surface area contributed by atoms with E-state index in [1.807, 2.05) is 12.1 Å². The Morgan fingerprint density at radius 2 is 1.15 bits per heavy atom. The number of hydrogen-bond acceptors (Lipinski definition) is 13. The topological polar surface area (TPSA) is 224 Å². The summed E-state index contributed by atoms with van der Waals surface area (Å²) < 4.78 is 28.0. The molecule has 4 amide bonds. The van der Waals surface area contributed by atoms with E-state index < -0.39 is 82.2 Å². The number of hydrogen-bond donors (Lipinski definition) is 5.